The van der Waals surface area contributed by atoms with E-state index in [-0.39, 0.29) is 11.9 Å². The van der Waals surface area contributed by atoms with Crippen molar-refractivity contribution < 1.29 is 4.79 Å². The van der Waals surface area contributed by atoms with Crippen molar-refractivity contribution in [3.63, 3.8) is 0 Å². The Balaban J connectivity index is 1.64. The van der Waals surface area contributed by atoms with Gasteiger partial charge in [-0.15, -0.1) is 0 Å². The van der Waals surface area contributed by atoms with E-state index in [0.717, 1.165) is 36.5 Å². The highest BCUT2D eigenvalue weighted by atomic mass is 16.2. The molecular formula is C22H28N4O. The van der Waals surface area contributed by atoms with Gasteiger partial charge in [-0.05, 0) is 74.7 Å². The highest BCUT2D eigenvalue weighted by molar-refractivity contribution is 6.03. The lowest BCUT2D eigenvalue weighted by Crippen LogP contribution is -2.37. The molecule has 2 aliphatic heterocycles. The van der Waals surface area contributed by atoms with Crippen LogP contribution in [0.3, 0.4) is 0 Å². The van der Waals surface area contributed by atoms with E-state index in [0.29, 0.717) is 6.54 Å². The first-order valence-electron chi connectivity index (χ1n) is 9.83. The first kappa shape index (κ1) is 18.0. The molecule has 1 saturated heterocycles. The number of aromatic nitrogens is 1. The molecule has 0 spiro atoms. The molecule has 1 fully saturated rings. The fraction of sp³-hybridized carbons (Fsp3) is 0.455. The summed E-state index contributed by atoms with van der Waals surface area (Å²) in [6.07, 6.45) is 5.16. The molecule has 0 N–H and O–H groups in total. The van der Waals surface area contributed by atoms with Crippen LogP contribution in [0.2, 0.25) is 0 Å². The van der Waals surface area contributed by atoms with Gasteiger partial charge in [-0.25, -0.2) is 5.01 Å². The van der Waals surface area contributed by atoms with Crippen molar-refractivity contribution in [1.82, 2.24) is 14.5 Å². The van der Waals surface area contributed by atoms with E-state index >= 15 is 0 Å². The average molecular weight is 364 g/mol. The summed E-state index contributed by atoms with van der Waals surface area (Å²) in [5, 5.41) is 6.54. The van der Waals surface area contributed by atoms with Crippen molar-refractivity contribution in [3.05, 3.63) is 58.9 Å². The SMILES string of the molecule is Cc1ccc(C2=NN(C(=O)CN3CCCC3)C(c3cccn3C)C2)cc1C. The van der Waals surface area contributed by atoms with Gasteiger partial charge < -0.3 is 4.57 Å². The second kappa shape index (κ2) is 7.31. The van der Waals surface area contributed by atoms with Gasteiger partial charge in [0.05, 0.1) is 12.3 Å². The lowest BCUT2D eigenvalue weighted by molar-refractivity contribution is -0.134. The molecule has 0 saturated carbocycles. The smallest absolute Gasteiger partial charge is 0.257 e. The number of aryl methyl sites for hydroxylation is 3. The van der Waals surface area contributed by atoms with Crippen LogP contribution in [0, 0.1) is 13.8 Å². The number of carbonyl (C=O) groups excluding carboxylic acids is 1. The number of benzene rings is 1. The zero-order valence-electron chi connectivity index (χ0n) is 16.5. The molecule has 1 unspecified atom stereocenters. The lowest BCUT2D eigenvalue weighted by atomic mass is 9.98. The normalized spacial score (nSPS) is 20.3. The fourth-order valence-electron chi connectivity index (χ4n) is 4.09. The molecular weight excluding hydrogens is 336 g/mol. The average Bonchev–Trinajstić information content (AvgIpc) is 3.37. The summed E-state index contributed by atoms with van der Waals surface area (Å²) in [6.45, 7) is 6.74. The van der Waals surface area contributed by atoms with Crippen LogP contribution in [0.15, 0.2) is 41.6 Å². The van der Waals surface area contributed by atoms with E-state index in [1.165, 1.54) is 24.0 Å². The van der Waals surface area contributed by atoms with Gasteiger partial charge in [-0.1, -0.05) is 12.1 Å². The van der Waals surface area contributed by atoms with Crippen LogP contribution in [0.5, 0.6) is 0 Å². The molecule has 5 nitrogen and oxygen atoms in total. The van der Waals surface area contributed by atoms with Gasteiger partial charge in [0, 0.05) is 25.4 Å². The van der Waals surface area contributed by atoms with E-state index in [4.69, 9.17) is 5.10 Å². The standard InChI is InChI=1S/C22H28N4O/c1-16-8-9-18(13-17(16)2)19-14-21(20-7-6-10-24(20)3)26(23-19)22(27)15-25-11-4-5-12-25/h6-10,13,21H,4-5,11-12,14-15H2,1-3H3. The van der Waals surface area contributed by atoms with E-state index in [9.17, 15) is 4.79 Å². The Labute approximate surface area is 161 Å². The largest absolute Gasteiger partial charge is 0.353 e. The van der Waals surface area contributed by atoms with Crippen molar-refractivity contribution in [2.45, 2.75) is 39.2 Å². The minimum absolute atomic E-state index is 0.0308. The van der Waals surface area contributed by atoms with Crippen LogP contribution in [0.1, 0.15) is 47.7 Å². The summed E-state index contributed by atoms with van der Waals surface area (Å²) in [6, 6.07) is 10.5. The quantitative estimate of drug-likeness (QED) is 0.834. The Morgan fingerprint density at radius 2 is 1.93 bits per heavy atom. The summed E-state index contributed by atoms with van der Waals surface area (Å²) in [7, 11) is 2.03. The number of hydrogen-bond acceptors (Lipinski definition) is 3. The number of likely N-dealkylation sites (tertiary alicyclic amines) is 1. The monoisotopic (exact) mass is 364 g/mol. The van der Waals surface area contributed by atoms with Gasteiger partial charge in [0.15, 0.2) is 0 Å². The molecule has 1 aromatic carbocycles. The lowest BCUT2D eigenvalue weighted by Gasteiger charge is -2.24. The second-order valence-electron chi connectivity index (χ2n) is 7.83. The number of amides is 1. The van der Waals surface area contributed by atoms with Gasteiger partial charge in [0.2, 0.25) is 0 Å². The van der Waals surface area contributed by atoms with Crippen LogP contribution < -0.4 is 0 Å². The molecule has 4 rings (SSSR count). The first-order valence-corrected chi connectivity index (χ1v) is 9.83. The third-order valence-electron chi connectivity index (χ3n) is 5.89. The summed E-state index contributed by atoms with van der Waals surface area (Å²) < 4.78 is 2.10. The predicted octanol–water partition coefficient (Wildman–Crippen LogP) is 3.42. The molecule has 3 heterocycles. The minimum atomic E-state index is -0.0308. The van der Waals surface area contributed by atoms with Gasteiger partial charge in [-0.3, -0.25) is 9.69 Å². The zero-order valence-corrected chi connectivity index (χ0v) is 16.5. The second-order valence-corrected chi connectivity index (χ2v) is 7.83. The zero-order chi connectivity index (χ0) is 19.0. The van der Waals surface area contributed by atoms with Crippen molar-refractivity contribution >= 4 is 11.6 Å². The summed E-state index contributed by atoms with van der Waals surface area (Å²) in [4.78, 5) is 15.3. The van der Waals surface area contributed by atoms with Gasteiger partial charge in [-0.2, -0.15) is 5.10 Å². The van der Waals surface area contributed by atoms with E-state index in [2.05, 4.69) is 47.6 Å². The fourth-order valence-corrected chi connectivity index (χ4v) is 4.09. The number of carbonyl (C=O) groups is 1. The van der Waals surface area contributed by atoms with Gasteiger partial charge in [0.25, 0.3) is 5.91 Å². The van der Waals surface area contributed by atoms with E-state index in [1.54, 1.807) is 5.01 Å². The summed E-state index contributed by atoms with van der Waals surface area (Å²) in [5.74, 6) is 0.0990. The Kier molecular flexibility index (Phi) is 4.87. The third kappa shape index (κ3) is 3.56. The topological polar surface area (TPSA) is 40.8 Å². The number of rotatable bonds is 4. The van der Waals surface area contributed by atoms with Gasteiger partial charge >= 0.3 is 0 Å². The predicted molar refractivity (Wildman–Crippen MR) is 108 cm³/mol. The van der Waals surface area contributed by atoms with Crippen molar-refractivity contribution in [2.24, 2.45) is 12.1 Å². The molecule has 5 heteroatoms. The highest BCUT2D eigenvalue weighted by Crippen LogP contribution is 2.33. The molecule has 27 heavy (non-hydrogen) atoms. The molecule has 0 bridgehead atoms. The highest BCUT2D eigenvalue weighted by Gasteiger charge is 2.35. The molecule has 142 valence electrons. The maximum atomic E-state index is 13.1. The molecule has 1 atom stereocenters. The number of nitrogens with zero attached hydrogens (tertiary/aromatic N) is 4. The van der Waals surface area contributed by atoms with Crippen molar-refractivity contribution in [2.75, 3.05) is 19.6 Å². The van der Waals surface area contributed by atoms with Crippen molar-refractivity contribution in [1.29, 1.82) is 0 Å². The van der Waals surface area contributed by atoms with E-state index in [1.807, 2.05) is 19.3 Å². The summed E-state index contributed by atoms with van der Waals surface area (Å²) >= 11 is 0. The minimum Gasteiger partial charge on any atom is -0.353 e. The van der Waals surface area contributed by atoms with Crippen LogP contribution in [-0.2, 0) is 11.8 Å². The Morgan fingerprint density at radius 1 is 1.15 bits per heavy atom. The van der Waals surface area contributed by atoms with E-state index < -0.39 is 0 Å². The molecule has 1 amide bonds. The third-order valence-corrected chi connectivity index (χ3v) is 5.89. The Morgan fingerprint density at radius 3 is 2.59 bits per heavy atom. The van der Waals surface area contributed by atoms with Crippen LogP contribution >= 0.6 is 0 Å². The van der Waals surface area contributed by atoms with Crippen molar-refractivity contribution in [3.8, 4) is 0 Å². The maximum absolute atomic E-state index is 13.1. The number of hydrogen-bond donors (Lipinski definition) is 0. The Bertz CT molecular complexity index is 876. The molecule has 1 aromatic heterocycles. The van der Waals surface area contributed by atoms with Crippen LogP contribution in [0.25, 0.3) is 0 Å². The van der Waals surface area contributed by atoms with Crippen LogP contribution in [-0.4, -0.2) is 45.7 Å². The first-order chi connectivity index (χ1) is 13.0. The van der Waals surface area contributed by atoms with Crippen LogP contribution in [0.4, 0.5) is 0 Å². The maximum Gasteiger partial charge on any atom is 0.257 e. The molecule has 0 aliphatic carbocycles. The molecule has 2 aromatic rings. The molecule has 0 radical (unpaired) electrons. The summed E-state index contributed by atoms with van der Waals surface area (Å²) in [5.41, 5.74) is 5.78. The molecule has 2 aliphatic rings. The number of hydrazone groups is 1. The van der Waals surface area contributed by atoms with Gasteiger partial charge in [0.1, 0.15) is 6.04 Å². The Hall–Kier alpha value is -2.40.